The lowest BCUT2D eigenvalue weighted by atomic mass is 10.0. The first-order chi connectivity index (χ1) is 8.85. The molecule has 0 bridgehead atoms. The fourth-order valence-corrected chi connectivity index (χ4v) is 4.35. The zero-order valence-corrected chi connectivity index (χ0v) is 12.2. The third-order valence-corrected chi connectivity index (χ3v) is 5.34. The van der Waals surface area contributed by atoms with Crippen LogP contribution in [0.2, 0.25) is 5.02 Å². The van der Waals surface area contributed by atoms with E-state index in [4.69, 9.17) is 11.6 Å². The summed E-state index contributed by atoms with van der Waals surface area (Å²) in [5.74, 6) is 0.121. The Morgan fingerprint density at radius 3 is 2.79 bits per heavy atom. The number of carbonyl (C=O) groups excluding carboxylic acids is 1. The number of nitrogens with one attached hydrogen (secondary N) is 1. The normalized spacial score (nSPS) is 21.3. The monoisotopic (exact) mass is 301 g/mol. The van der Waals surface area contributed by atoms with E-state index in [1.165, 1.54) is 0 Å². The second-order valence-corrected chi connectivity index (χ2v) is 7.65. The third-order valence-electron chi connectivity index (χ3n) is 3.26. The van der Waals surface area contributed by atoms with Gasteiger partial charge in [0.15, 0.2) is 9.84 Å². The molecule has 0 aromatic heterocycles. The van der Waals surface area contributed by atoms with E-state index in [-0.39, 0.29) is 29.8 Å². The molecule has 0 aliphatic carbocycles. The van der Waals surface area contributed by atoms with Crippen LogP contribution in [0, 0.1) is 12.8 Å². The second kappa shape index (κ2) is 5.51. The van der Waals surface area contributed by atoms with Crippen molar-refractivity contribution in [2.45, 2.75) is 19.8 Å². The molecule has 19 heavy (non-hydrogen) atoms. The summed E-state index contributed by atoms with van der Waals surface area (Å²) in [5, 5.41) is 3.42. The Hall–Kier alpha value is -1.07. The molecule has 4 nitrogen and oxygen atoms in total. The van der Waals surface area contributed by atoms with Crippen molar-refractivity contribution in [2.75, 3.05) is 16.8 Å². The highest BCUT2D eigenvalue weighted by Gasteiger charge is 2.29. The van der Waals surface area contributed by atoms with Crippen molar-refractivity contribution in [1.29, 1.82) is 0 Å². The molecule has 0 radical (unpaired) electrons. The zero-order valence-electron chi connectivity index (χ0n) is 10.6. The van der Waals surface area contributed by atoms with Crippen molar-refractivity contribution < 1.29 is 13.2 Å². The Labute approximate surface area is 118 Å². The van der Waals surface area contributed by atoms with Gasteiger partial charge in [-0.1, -0.05) is 11.6 Å². The maximum Gasteiger partial charge on any atom is 0.224 e. The number of aryl methyl sites for hydroxylation is 1. The predicted octanol–water partition coefficient (Wildman–Crippen LogP) is 2.41. The van der Waals surface area contributed by atoms with Crippen LogP contribution in [0.1, 0.15) is 18.4 Å². The topological polar surface area (TPSA) is 63.2 Å². The Morgan fingerprint density at radius 2 is 2.21 bits per heavy atom. The number of hydrogen-bond acceptors (Lipinski definition) is 3. The number of amides is 1. The third kappa shape index (κ3) is 3.94. The number of benzene rings is 1. The highest BCUT2D eigenvalue weighted by atomic mass is 35.5. The van der Waals surface area contributed by atoms with Gasteiger partial charge in [0.25, 0.3) is 0 Å². The van der Waals surface area contributed by atoms with E-state index in [1.54, 1.807) is 18.2 Å². The Balaban J connectivity index is 1.95. The molecule has 1 aromatic rings. The lowest BCUT2D eigenvalue weighted by Crippen LogP contribution is -2.17. The minimum Gasteiger partial charge on any atom is -0.326 e. The van der Waals surface area contributed by atoms with Gasteiger partial charge in [0, 0.05) is 17.1 Å². The maximum atomic E-state index is 11.9. The van der Waals surface area contributed by atoms with Crippen molar-refractivity contribution >= 4 is 33.0 Å². The van der Waals surface area contributed by atoms with Crippen LogP contribution >= 0.6 is 11.6 Å². The SMILES string of the molecule is Cc1cc(Cl)ccc1NC(=O)CC1CCS(=O)(=O)C1. The Morgan fingerprint density at radius 1 is 1.47 bits per heavy atom. The van der Waals surface area contributed by atoms with Crippen molar-refractivity contribution in [1.82, 2.24) is 0 Å². The summed E-state index contributed by atoms with van der Waals surface area (Å²) in [4.78, 5) is 11.9. The van der Waals surface area contributed by atoms with Gasteiger partial charge in [-0.2, -0.15) is 0 Å². The highest BCUT2D eigenvalue weighted by molar-refractivity contribution is 7.91. The highest BCUT2D eigenvalue weighted by Crippen LogP contribution is 2.23. The van der Waals surface area contributed by atoms with Crippen LogP contribution in [0.15, 0.2) is 18.2 Å². The molecule has 0 saturated carbocycles. The van der Waals surface area contributed by atoms with Crippen LogP contribution in [0.4, 0.5) is 5.69 Å². The first-order valence-corrected chi connectivity index (χ1v) is 8.32. The van der Waals surface area contributed by atoms with Gasteiger partial charge in [-0.15, -0.1) is 0 Å². The lowest BCUT2D eigenvalue weighted by molar-refractivity contribution is -0.116. The summed E-state index contributed by atoms with van der Waals surface area (Å²) in [6.07, 6.45) is 0.830. The summed E-state index contributed by atoms with van der Waals surface area (Å²) >= 11 is 5.84. The zero-order chi connectivity index (χ0) is 14.0. The summed E-state index contributed by atoms with van der Waals surface area (Å²) in [6.45, 7) is 1.86. The molecule has 104 valence electrons. The van der Waals surface area contributed by atoms with Gasteiger partial charge >= 0.3 is 0 Å². The smallest absolute Gasteiger partial charge is 0.224 e. The largest absolute Gasteiger partial charge is 0.326 e. The van der Waals surface area contributed by atoms with Gasteiger partial charge in [-0.25, -0.2) is 8.42 Å². The minimum atomic E-state index is -2.93. The van der Waals surface area contributed by atoms with Crippen LogP contribution in [0.5, 0.6) is 0 Å². The van der Waals surface area contributed by atoms with Crippen molar-refractivity contribution in [3.63, 3.8) is 0 Å². The molecule has 1 amide bonds. The molecular weight excluding hydrogens is 286 g/mol. The molecule has 2 rings (SSSR count). The number of hydrogen-bond donors (Lipinski definition) is 1. The number of halogens is 1. The number of rotatable bonds is 3. The average Bonchev–Trinajstić information content (AvgIpc) is 2.62. The van der Waals surface area contributed by atoms with Crippen molar-refractivity contribution in [3.8, 4) is 0 Å². The number of carbonyl (C=O) groups is 1. The standard InChI is InChI=1S/C13H16ClNO3S/c1-9-6-11(14)2-3-12(9)15-13(16)7-10-4-5-19(17,18)8-10/h2-3,6,10H,4-5,7-8H2,1H3,(H,15,16). The fourth-order valence-electron chi connectivity index (χ4n) is 2.26. The van der Waals surface area contributed by atoms with E-state index in [9.17, 15) is 13.2 Å². The quantitative estimate of drug-likeness (QED) is 0.932. The molecule has 1 heterocycles. The molecule has 1 saturated heterocycles. The summed E-state index contributed by atoms with van der Waals surface area (Å²) in [7, 11) is -2.93. The van der Waals surface area contributed by atoms with Crippen LogP contribution in [-0.2, 0) is 14.6 Å². The van der Waals surface area contributed by atoms with Crippen molar-refractivity contribution in [2.24, 2.45) is 5.92 Å². The van der Waals surface area contributed by atoms with E-state index >= 15 is 0 Å². The van der Waals surface area contributed by atoms with E-state index in [0.29, 0.717) is 11.4 Å². The van der Waals surface area contributed by atoms with Gasteiger partial charge in [0.05, 0.1) is 11.5 Å². The molecule has 6 heteroatoms. The first-order valence-electron chi connectivity index (χ1n) is 6.12. The molecule has 1 fully saturated rings. The summed E-state index contributed by atoms with van der Waals surface area (Å²) in [6, 6.07) is 5.24. The number of anilines is 1. The van der Waals surface area contributed by atoms with E-state index in [2.05, 4.69) is 5.32 Å². The summed E-state index contributed by atoms with van der Waals surface area (Å²) in [5.41, 5.74) is 1.61. The van der Waals surface area contributed by atoms with Gasteiger partial charge in [-0.3, -0.25) is 4.79 Å². The molecule has 1 unspecified atom stereocenters. The molecule has 1 N–H and O–H groups in total. The minimum absolute atomic E-state index is 0.0578. The maximum absolute atomic E-state index is 11.9. The van der Waals surface area contributed by atoms with E-state index < -0.39 is 9.84 Å². The van der Waals surface area contributed by atoms with Crippen LogP contribution < -0.4 is 5.32 Å². The van der Waals surface area contributed by atoms with Gasteiger partial charge in [0.2, 0.25) is 5.91 Å². The van der Waals surface area contributed by atoms with Crippen LogP contribution in [0.3, 0.4) is 0 Å². The van der Waals surface area contributed by atoms with E-state index in [1.807, 2.05) is 6.92 Å². The van der Waals surface area contributed by atoms with E-state index in [0.717, 1.165) is 11.3 Å². The predicted molar refractivity (Wildman–Crippen MR) is 76.2 cm³/mol. The molecule has 1 atom stereocenters. The first kappa shape index (κ1) is 14.3. The Kier molecular flexibility index (Phi) is 4.16. The van der Waals surface area contributed by atoms with Gasteiger partial charge in [0.1, 0.15) is 0 Å². The number of sulfone groups is 1. The van der Waals surface area contributed by atoms with Crippen LogP contribution in [0.25, 0.3) is 0 Å². The molecule has 1 aromatic carbocycles. The average molecular weight is 302 g/mol. The molecule has 1 aliphatic rings. The molecule has 0 spiro atoms. The summed E-state index contributed by atoms with van der Waals surface area (Å²) < 4.78 is 22.7. The van der Waals surface area contributed by atoms with Gasteiger partial charge in [-0.05, 0) is 43.0 Å². The molecule has 1 aliphatic heterocycles. The van der Waals surface area contributed by atoms with Crippen LogP contribution in [-0.4, -0.2) is 25.8 Å². The lowest BCUT2D eigenvalue weighted by Gasteiger charge is -2.11. The second-order valence-electron chi connectivity index (χ2n) is 4.98. The van der Waals surface area contributed by atoms with Gasteiger partial charge < -0.3 is 5.32 Å². The van der Waals surface area contributed by atoms with Crippen molar-refractivity contribution in [3.05, 3.63) is 28.8 Å². The Bertz CT molecular complexity index is 598. The fraction of sp³-hybridized carbons (Fsp3) is 0.462. The molecular formula is C13H16ClNO3S.